The Hall–Kier alpha value is -2.77. The molecule has 0 aromatic heterocycles. The van der Waals surface area contributed by atoms with Crippen LogP contribution in [0, 0.1) is 6.92 Å². The van der Waals surface area contributed by atoms with Crippen LogP contribution in [0.3, 0.4) is 0 Å². The topological polar surface area (TPSA) is 80.3 Å². The first kappa shape index (κ1) is 31.4. The Kier molecular flexibility index (Phi) is 12.9. The number of unbranched alkanes of at least 4 members (excludes halogenated alkanes) is 1. The van der Waals surface area contributed by atoms with Gasteiger partial charge in [-0.3, -0.25) is 9.59 Å². The van der Waals surface area contributed by atoms with Crippen LogP contribution in [0.15, 0.2) is 42.5 Å². The molecule has 210 valence electrons. The van der Waals surface area contributed by atoms with Gasteiger partial charge in [0.05, 0.1) is 12.5 Å². The molecule has 0 bridgehead atoms. The van der Waals surface area contributed by atoms with Gasteiger partial charge in [0.1, 0.15) is 30.8 Å². The lowest BCUT2D eigenvalue weighted by atomic mass is 9.77. The molecule has 0 heterocycles. The number of halogens is 1. The zero-order valence-corrected chi connectivity index (χ0v) is 24.1. The summed E-state index contributed by atoms with van der Waals surface area (Å²) in [6, 6.07) is 14.0. The summed E-state index contributed by atoms with van der Waals surface area (Å²) in [4.78, 5) is 22.6. The van der Waals surface area contributed by atoms with Crippen molar-refractivity contribution < 1.29 is 33.3 Å². The predicted molar refractivity (Wildman–Crippen MR) is 148 cm³/mol. The zero-order valence-electron chi connectivity index (χ0n) is 23.4. The summed E-state index contributed by atoms with van der Waals surface area (Å²) in [5.74, 6) is 0.837. The van der Waals surface area contributed by atoms with Crippen molar-refractivity contribution >= 4 is 23.5 Å². The molecule has 0 N–H and O–H groups in total. The van der Waals surface area contributed by atoms with Gasteiger partial charge in [0.25, 0.3) is 0 Å². The number of benzene rings is 2. The van der Waals surface area contributed by atoms with Gasteiger partial charge in [-0.25, -0.2) is 0 Å². The number of carbonyl (C=O) groups excluding carboxylic acids is 2. The molecule has 0 saturated carbocycles. The Morgan fingerprint density at radius 2 is 1.47 bits per heavy atom. The standard InChI is InChI=1S/C30H41ClO7/c1-7-8-15-34-18-28(38-23(4)33)20-35-26-12-9-24(10-13-26)30(5,6)25-11-14-29(21(2)16-25)36-19-27(17-31)37-22(3)32/h9-14,16,27-28H,7-8,15,17-20H2,1-6H3/t27-,28-/m0/s1. The first-order valence-corrected chi connectivity index (χ1v) is 13.6. The molecule has 2 atom stereocenters. The molecule has 0 saturated heterocycles. The normalized spacial score (nSPS) is 12.9. The van der Waals surface area contributed by atoms with Crippen LogP contribution in [0.25, 0.3) is 0 Å². The van der Waals surface area contributed by atoms with E-state index in [1.165, 1.54) is 13.8 Å². The fourth-order valence-corrected chi connectivity index (χ4v) is 4.02. The highest BCUT2D eigenvalue weighted by molar-refractivity contribution is 6.18. The van der Waals surface area contributed by atoms with Crippen molar-refractivity contribution in [2.45, 2.75) is 72.0 Å². The maximum atomic E-state index is 11.4. The van der Waals surface area contributed by atoms with E-state index in [-0.39, 0.29) is 36.4 Å². The van der Waals surface area contributed by atoms with Crippen LogP contribution in [0.4, 0.5) is 0 Å². The molecule has 7 nitrogen and oxygen atoms in total. The first-order chi connectivity index (χ1) is 18.1. The minimum absolute atomic E-state index is 0.167. The Balaban J connectivity index is 2.02. The smallest absolute Gasteiger partial charge is 0.303 e. The molecule has 0 aliphatic rings. The average molecular weight is 549 g/mol. The van der Waals surface area contributed by atoms with E-state index in [2.05, 4.69) is 26.8 Å². The summed E-state index contributed by atoms with van der Waals surface area (Å²) in [5, 5.41) is 0. The van der Waals surface area contributed by atoms with Gasteiger partial charge in [-0.05, 0) is 48.2 Å². The Bertz CT molecular complexity index is 1020. The summed E-state index contributed by atoms with van der Waals surface area (Å²) < 4.78 is 27.9. The Morgan fingerprint density at radius 1 is 0.868 bits per heavy atom. The predicted octanol–water partition coefficient (Wildman–Crippen LogP) is 6.00. The van der Waals surface area contributed by atoms with E-state index in [0.717, 1.165) is 35.3 Å². The van der Waals surface area contributed by atoms with Crippen molar-refractivity contribution in [3.05, 3.63) is 59.2 Å². The van der Waals surface area contributed by atoms with Gasteiger partial charge in [0.2, 0.25) is 0 Å². The summed E-state index contributed by atoms with van der Waals surface area (Å²) in [5.41, 5.74) is 2.95. The van der Waals surface area contributed by atoms with E-state index >= 15 is 0 Å². The van der Waals surface area contributed by atoms with Crippen molar-refractivity contribution in [1.29, 1.82) is 0 Å². The highest BCUT2D eigenvalue weighted by Gasteiger charge is 2.24. The van der Waals surface area contributed by atoms with Crippen LogP contribution >= 0.6 is 11.6 Å². The fraction of sp³-hybridized carbons (Fsp3) is 0.533. The first-order valence-electron chi connectivity index (χ1n) is 13.0. The molecule has 0 aliphatic heterocycles. The number of hydrogen-bond acceptors (Lipinski definition) is 7. The molecule has 2 aromatic carbocycles. The number of hydrogen-bond donors (Lipinski definition) is 0. The van der Waals surface area contributed by atoms with Gasteiger partial charge in [-0.1, -0.05) is 51.5 Å². The van der Waals surface area contributed by atoms with Crippen LogP contribution in [-0.4, -0.2) is 56.5 Å². The van der Waals surface area contributed by atoms with Crippen molar-refractivity contribution in [2.24, 2.45) is 0 Å². The third-order valence-electron chi connectivity index (χ3n) is 6.12. The van der Waals surface area contributed by atoms with E-state index in [9.17, 15) is 9.59 Å². The van der Waals surface area contributed by atoms with E-state index in [1.54, 1.807) is 0 Å². The van der Waals surface area contributed by atoms with Crippen LogP contribution in [-0.2, 0) is 29.2 Å². The molecule has 38 heavy (non-hydrogen) atoms. The highest BCUT2D eigenvalue weighted by Crippen LogP contribution is 2.34. The molecule has 2 rings (SSSR count). The third-order valence-corrected chi connectivity index (χ3v) is 6.46. The van der Waals surface area contributed by atoms with Gasteiger partial charge in [0.15, 0.2) is 6.10 Å². The van der Waals surface area contributed by atoms with Crippen molar-refractivity contribution in [2.75, 3.05) is 32.3 Å². The number of esters is 2. The van der Waals surface area contributed by atoms with Crippen molar-refractivity contribution in [3.8, 4) is 11.5 Å². The summed E-state index contributed by atoms with van der Waals surface area (Å²) in [6.07, 6.45) is 1.05. The van der Waals surface area contributed by atoms with E-state index in [1.807, 2.05) is 43.3 Å². The van der Waals surface area contributed by atoms with Crippen LogP contribution < -0.4 is 9.47 Å². The highest BCUT2D eigenvalue weighted by atomic mass is 35.5. The van der Waals surface area contributed by atoms with Crippen LogP contribution in [0.2, 0.25) is 0 Å². The Labute approximate surface area is 231 Å². The molecule has 0 radical (unpaired) electrons. The Morgan fingerprint density at radius 3 is 2.05 bits per heavy atom. The van der Waals surface area contributed by atoms with E-state index < -0.39 is 12.2 Å². The lowest BCUT2D eigenvalue weighted by Gasteiger charge is -2.27. The number of ether oxygens (including phenoxy) is 5. The number of rotatable bonds is 16. The lowest BCUT2D eigenvalue weighted by Crippen LogP contribution is -2.29. The zero-order chi connectivity index (χ0) is 28.1. The van der Waals surface area contributed by atoms with Crippen LogP contribution in [0.1, 0.15) is 64.2 Å². The summed E-state index contributed by atoms with van der Waals surface area (Å²) in [7, 11) is 0. The third kappa shape index (κ3) is 10.2. The molecule has 0 aliphatic carbocycles. The van der Waals surface area contributed by atoms with E-state index in [4.69, 9.17) is 35.3 Å². The maximum absolute atomic E-state index is 11.4. The van der Waals surface area contributed by atoms with E-state index in [0.29, 0.717) is 19.0 Å². The molecular formula is C30H41ClO7. The van der Waals surface area contributed by atoms with Crippen molar-refractivity contribution in [1.82, 2.24) is 0 Å². The number of aryl methyl sites for hydroxylation is 1. The van der Waals surface area contributed by atoms with Gasteiger partial charge < -0.3 is 23.7 Å². The largest absolute Gasteiger partial charge is 0.490 e. The van der Waals surface area contributed by atoms with Gasteiger partial charge in [0, 0.05) is 25.9 Å². The number of carbonyl (C=O) groups is 2. The van der Waals surface area contributed by atoms with Gasteiger partial charge in [-0.15, -0.1) is 11.6 Å². The second-order valence-electron chi connectivity index (χ2n) is 9.80. The minimum Gasteiger partial charge on any atom is -0.490 e. The fourth-order valence-electron chi connectivity index (χ4n) is 3.86. The summed E-state index contributed by atoms with van der Waals surface area (Å²) >= 11 is 5.88. The monoisotopic (exact) mass is 548 g/mol. The maximum Gasteiger partial charge on any atom is 0.303 e. The number of alkyl halides is 1. The quantitative estimate of drug-likeness (QED) is 0.145. The molecular weight excluding hydrogens is 508 g/mol. The van der Waals surface area contributed by atoms with Crippen LogP contribution in [0.5, 0.6) is 11.5 Å². The SMILES string of the molecule is CCCCOC[C@@H](COc1ccc(C(C)(C)c2ccc(OC[C@H](CCl)OC(C)=O)c(C)c2)cc1)OC(C)=O. The second kappa shape index (κ2) is 15.6. The molecule has 0 unspecified atom stereocenters. The lowest BCUT2D eigenvalue weighted by molar-refractivity contribution is -0.151. The molecule has 2 aromatic rings. The molecule has 8 heteroatoms. The average Bonchev–Trinajstić information content (AvgIpc) is 2.87. The second-order valence-corrected chi connectivity index (χ2v) is 10.1. The minimum atomic E-state index is -0.497. The molecule has 0 fully saturated rings. The summed E-state index contributed by atoms with van der Waals surface area (Å²) in [6.45, 7) is 12.5. The molecule has 0 spiro atoms. The van der Waals surface area contributed by atoms with Crippen molar-refractivity contribution in [3.63, 3.8) is 0 Å². The van der Waals surface area contributed by atoms with Gasteiger partial charge in [-0.2, -0.15) is 0 Å². The molecule has 0 amide bonds. The van der Waals surface area contributed by atoms with Gasteiger partial charge >= 0.3 is 11.9 Å².